The van der Waals surface area contributed by atoms with E-state index in [0.717, 1.165) is 12.1 Å². The van der Waals surface area contributed by atoms with Crippen LogP contribution in [0.25, 0.3) is 0 Å². The van der Waals surface area contributed by atoms with Gasteiger partial charge in [-0.2, -0.15) is 22.0 Å². The normalized spacial score (nSPS) is 14.5. The maximum absolute atomic E-state index is 12.8. The lowest BCUT2D eigenvalue weighted by Crippen LogP contribution is -2.45. The van der Waals surface area contributed by atoms with Crippen LogP contribution in [-0.4, -0.2) is 18.5 Å². The van der Waals surface area contributed by atoms with Gasteiger partial charge in [0.05, 0.1) is 0 Å². The van der Waals surface area contributed by atoms with E-state index in [4.69, 9.17) is 0 Å². The van der Waals surface area contributed by atoms with E-state index in [0.29, 0.717) is 4.47 Å². The molecule has 0 aliphatic carbocycles. The minimum Gasteiger partial charge on any atom is -0.430 e. The lowest BCUT2D eigenvalue weighted by Gasteiger charge is -2.22. The SMILES string of the molecule is FC(C(F)(F)F)C(F)(F)Oc1ccc(Br)cc1. The predicted molar refractivity (Wildman–Crippen MR) is 50.7 cm³/mol. The smallest absolute Gasteiger partial charge is 0.430 e. The van der Waals surface area contributed by atoms with Crippen molar-refractivity contribution in [2.45, 2.75) is 18.5 Å². The molecule has 0 heterocycles. The third-order valence-electron chi connectivity index (χ3n) is 1.65. The summed E-state index contributed by atoms with van der Waals surface area (Å²) in [5.74, 6) is -0.565. The second-order valence-electron chi connectivity index (χ2n) is 3.02. The van der Waals surface area contributed by atoms with Crippen LogP contribution in [0.1, 0.15) is 0 Å². The Bertz CT molecular complexity index is 374. The number of hydrogen-bond acceptors (Lipinski definition) is 1. The van der Waals surface area contributed by atoms with Gasteiger partial charge in [-0.1, -0.05) is 15.9 Å². The highest BCUT2D eigenvalue weighted by Crippen LogP contribution is 2.36. The molecule has 0 radical (unpaired) electrons. The highest BCUT2D eigenvalue weighted by Gasteiger charge is 2.59. The van der Waals surface area contributed by atoms with Crippen molar-refractivity contribution in [3.05, 3.63) is 28.7 Å². The van der Waals surface area contributed by atoms with Crippen LogP contribution < -0.4 is 4.74 Å². The second-order valence-corrected chi connectivity index (χ2v) is 3.94. The fourth-order valence-electron chi connectivity index (χ4n) is 0.902. The van der Waals surface area contributed by atoms with Crippen LogP contribution in [0.3, 0.4) is 0 Å². The van der Waals surface area contributed by atoms with Crippen LogP contribution in [0.5, 0.6) is 5.75 Å². The summed E-state index contributed by atoms with van der Waals surface area (Å²) in [6.45, 7) is 0. The summed E-state index contributed by atoms with van der Waals surface area (Å²) in [6, 6.07) is 4.51. The number of benzene rings is 1. The van der Waals surface area contributed by atoms with Crippen LogP contribution >= 0.6 is 15.9 Å². The molecule has 0 saturated carbocycles. The lowest BCUT2D eigenvalue weighted by molar-refractivity contribution is -0.304. The van der Waals surface area contributed by atoms with Gasteiger partial charge in [0, 0.05) is 4.47 Å². The molecular weight excluding hydrogens is 318 g/mol. The fourth-order valence-corrected chi connectivity index (χ4v) is 1.17. The topological polar surface area (TPSA) is 9.23 Å². The lowest BCUT2D eigenvalue weighted by atomic mass is 10.3. The first kappa shape index (κ1) is 14.1. The van der Waals surface area contributed by atoms with E-state index in [2.05, 4.69) is 20.7 Å². The van der Waals surface area contributed by atoms with Gasteiger partial charge in [-0.15, -0.1) is 0 Å². The molecule has 1 aromatic rings. The average molecular weight is 323 g/mol. The fraction of sp³-hybridized carbons (Fsp3) is 0.333. The Hall–Kier alpha value is -0.920. The zero-order chi connectivity index (χ0) is 13.3. The molecule has 0 aromatic heterocycles. The molecule has 17 heavy (non-hydrogen) atoms. The highest BCUT2D eigenvalue weighted by atomic mass is 79.9. The minimum absolute atomic E-state index is 0.515. The van der Waals surface area contributed by atoms with Crippen molar-refractivity contribution in [1.82, 2.24) is 0 Å². The molecule has 0 spiro atoms. The quantitative estimate of drug-likeness (QED) is 0.753. The highest BCUT2D eigenvalue weighted by molar-refractivity contribution is 9.10. The molecule has 0 N–H and O–H groups in total. The molecule has 0 bridgehead atoms. The van der Waals surface area contributed by atoms with Crippen molar-refractivity contribution in [1.29, 1.82) is 0 Å². The molecule has 0 fully saturated rings. The zero-order valence-corrected chi connectivity index (χ0v) is 9.53. The standard InChI is InChI=1S/C9H5BrF6O/c10-5-1-3-6(4-2-5)17-9(15,16)7(11)8(12,13)14/h1-4,7H. The summed E-state index contributed by atoms with van der Waals surface area (Å²) in [7, 11) is 0. The average Bonchev–Trinajstić information content (AvgIpc) is 2.19. The van der Waals surface area contributed by atoms with Gasteiger partial charge >= 0.3 is 12.3 Å². The van der Waals surface area contributed by atoms with Crippen molar-refractivity contribution in [2.75, 3.05) is 0 Å². The van der Waals surface area contributed by atoms with E-state index in [-0.39, 0.29) is 0 Å². The monoisotopic (exact) mass is 322 g/mol. The first-order chi connectivity index (χ1) is 7.63. The van der Waals surface area contributed by atoms with Crippen molar-refractivity contribution in [3.63, 3.8) is 0 Å². The Kier molecular flexibility index (Phi) is 3.95. The maximum atomic E-state index is 12.8. The Labute approximate surface area is 101 Å². The second kappa shape index (κ2) is 4.75. The van der Waals surface area contributed by atoms with Crippen LogP contribution in [0.15, 0.2) is 28.7 Å². The van der Waals surface area contributed by atoms with Gasteiger partial charge in [-0.3, -0.25) is 0 Å². The molecule has 1 aromatic carbocycles. The van der Waals surface area contributed by atoms with Crippen LogP contribution in [0.2, 0.25) is 0 Å². The Morgan fingerprint density at radius 2 is 1.47 bits per heavy atom. The molecule has 1 nitrogen and oxygen atoms in total. The van der Waals surface area contributed by atoms with Crippen molar-refractivity contribution >= 4 is 15.9 Å². The predicted octanol–water partition coefficient (Wildman–Crippen LogP) is 4.32. The summed E-state index contributed by atoms with van der Waals surface area (Å²) < 4.78 is 77.5. The van der Waals surface area contributed by atoms with Gasteiger partial charge < -0.3 is 4.74 Å². The van der Waals surface area contributed by atoms with E-state index < -0.39 is 24.2 Å². The van der Waals surface area contributed by atoms with E-state index >= 15 is 0 Å². The van der Waals surface area contributed by atoms with E-state index in [9.17, 15) is 26.3 Å². The van der Waals surface area contributed by atoms with E-state index in [1.807, 2.05) is 0 Å². The minimum atomic E-state index is -5.68. The molecule has 1 unspecified atom stereocenters. The first-order valence-corrected chi connectivity index (χ1v) is 4.95. The number of hydrogen-bond donors (Lipinski definition) is 0. The summed E-state index contributed by atoms with van der Waals surface area (Å²) in [6.07, 6.45) is -15.0. The summed E-state index contributed by atoms with van der Waals surface area (Å²) in [5, 5.41) is 0. The van der Waals surface area contributed by atoms with Gasteiger partial charge in [0.15, 0.2) is 0 Å². The molecule has 0 saturated heterocycles. The van der Waals surface area contributed by atoms with Crippen molar-refractivity contribution in [3.8, 4) is 5.75 Å². The number of ether oxygens (including phenoxy) is 1. The first-order valence-electron chi connectivity index (χ1n) is 4.16. The molecule has 0 aliphatic heterocycles. The number of halogens is 7. The number of alkyl halides is 6. The third-order valence-corrected chi connectivity index (χ3v) is 2.18. The van der Waals surface area contributed by atoms with Gasteiger partial charge in [-0.05, 0) is 24.3 Å². The van der Waals surface area contributed by atoms with Gasteiger partial charge in [0.1, 0.15) is 5.75 Å². The Morgan fingerprint density at radius 3 is 1.88 bits per heavy atom. The maximum Gasteiger partial charge on any atom is 0.439 e. The molecule has 1 atom stereocenters. The van der Waals surface area contributed by atoms with Gasteiger partial charge in [0.2, 0.25) is 0 Å². The van der Waals surface area contributed by atoms with Crippen LogP contribution in [0, 0.1) is 0 Å². The van der Waals surface area contributed by atoms with Crippen LogP contribution in [0.4, 0.5) is 26.3 Å². The van der Waals surface area contributed by atoms with E-state index in [1.165, 1.54) is 12.1 Å². The summed E-state index contributed by atoms with van der Waals surface area (Å²) in [5.41, 5.74) is 0. The largest absolute Gasteiger partial charge is 0.439 e. The summed E-state index contributed by atoms with van der Waals surface area (Å²) >= 11 is 2.99. The molecule has 0 amide bonds. The Morgan fingerprint density at radius 1 is 1.00 bits per heavy atom. The molecule has 96 valence electrons. The molecule has 0 aliphatic rings. The zero-order valence-electron chi connectivity index (χ0n) is 7.94. The molecular formula is C9H5BrF6O. The van der Waals surface area contributed by atoms with Crippen molar-refractivity contribution < 1.29 is 31.1 Å². The Balaban J connectivity index is 2.82. The van der Waals surface area contributed by atoms with Gasteiger partial charge in [-0.25, -0.2) is 4.39 Å². The summed E-state index contributed by atoms with van der Waals surface area (Å²) in [4.78, 5) is 0. The number of rotatable bonds is 3. The van der Waals surface area contributed by atoms with Gasteiger partial charge in [0.25, 0.3) is 6.17 Å². The molecule has 1 rings (SSSR count). The van der Waals surface area contributed by atoms with E-state index in [1.54, 1.807) is 0 Å². The van der Waals surface area contributed by atoms with Crippen molar-refractivity contribution in [2.24, 2.45) is 0 Å². The molecule has 8 heteroatoms. The third kappa shape index (κ3) is 3.79. The van der Waals surface area contributed by atoms with Crippen LogP contribution in [-0.2, 0) is 0 Å².